The lowest BCUT2D eigenvalue weighted by molar-refractivity contribution is -0.384. The number of hydrogen-bond donors (Lipinski definition) is 1. The lowest BCUT2D eigenvalue weighted by Crippen LogP contribution is -2.24. The number of carbonyl (C=O) groups is 1. The number of benzene rings is 2. The number of thiazole rings is 1. The van der Waals surface area contributed by atoms with Crippen molar-refractivity contribution in [1.29, 1.82) is 0 Å². The first-order valence-electron chi connectivity index (χ1n) is 11.1. The van der Waals surface area contributed by atoms with Gasteiger partial charge in [0.25, 0.3) is 11.6 Å². The summed E-state index contributed by atoms with van der Waals surface area (Å²) in [7, 11) is 0. The molecular weight excluding hydrogens is 450 g/mol. The second kappa shape index (κ2) is 10.3. The summed E-state index contributed by atoms with van der Waals surface area (Å²) in [6, 6.07) is 14.4. The van der Waals surface area contributed by atoms with Gasteiger partial charge in [0.1, 0.15) is 5.75 Å². The van der Waals surface area contributed by atoms with Gasteiger partial charge in [0.15, 0.2) is 11.7 Å². The molecule has 0 aliphatic carbocycles. The zero-order chi connectivity index (χ0) is 24.9. The summed E-state index contributed by atoms with van der Waals surface area (Å²) >= 11 is 1.33. The molecule has 3 aromatic rings. The average Bonchev–Trinajstić information content (AvgIpc) is 3.17. The molecule has 1 N–H and O–H groups in total. The summed E-state index contributed by atoms with van der Waals surface area (Å²) < 4.78 is 5.65. The fourth-order valence-electron chi connectivity index (χ4n) is 4.16. The van der Waals surface area contributed by atoms with Crippen molar-refractivity contribution in [2.45, 2.75) is 52.9 Å². The number of anilines is 1. The van der Waals surface area contributed by atoms with Crippen LogP contribution in [0.3, 0.4) is 0 Å². The van der Waals surface area contributed by atoms with Gasteiger partial charge < -0.3 is 4.74 Å². The molecule has 0 saturated carbocycles. The van der Waals surface area contributed by atoms with Gasteiger partial charge in [-0.1, -0.05) is 58.9 Å². The van der Waals surface area contributed by atoms with Crippen LogP contribution in [-0.2, 0) is 16.6 Å². The molecule has 1 amide bonds. The van der Waals surface area contributed by atoms with Gasteiger partial charge in [-0.25, -0.2) is 4.98 Å². The van der Waals surface area contributed by atoms with Crippen molar-refractivity contribution in [2.24, 2.45) is 5.41 Å². The minimum absolute atomic E-state index is 0.0430. The van der Waals surface area contributed by atoms with Crippen LogP contribution in [0, 0.1) is 15.5 Å². The van der Waals surface area contributed by atoms with E-state index in [1.165, 1.54) is 23.0 Å². The molecule has 34 heavy (non-hydrogen) atoms. The number of amides is 1. The van der Waals surface area contributed by atoms with E-state index in [4.69, 9.17) is 4.74 Å². The number of ether oxygens (including phenoxy) is 1. The molecule has 0 atom stereocenters. The maximum atomic E-state index is 12.3. The molecule has 0 saturated heterocycles. The molecule has 0 spiro atoms. The second-order valence-corrected chi connectivity index (χ2v) is 11.3. The molecule has 1 aromatic heterocycles. The third-order valence-corrected chi connectivity index (χ3v) is 6.19. The van der Waals surface area contributed by atoms with Crippen LogP contribution in [0.4, 0.5) is 10.8 Å². The number of carbonyl (C=O) groups excluding carboxylic acids is 1. The van der Waals surface area contributed by atoms with Crippen molar-refractivity contribution in [3.63, 3.8) is 0 Å². The quantitative estimate of drug-likeness (QED) is 0.283. The van der Waals surface area contributed by atoms with E-state index in [-0.39, 0.29) is 29.0 Å². The van der Waals surface area contributed by atoms with Crippen LogP contribution in [0.5, 0.6) is 5.75 Å². The first-order chi connectivity index (χ1) is 15.9. The third-order valence-electron chi connectivity index (χ3n) is 5.28. The van der Waals surface area contributed by atoms with Crippen LogP contribution in [0.25, 0.3) is 0 Å². The fraction of sp³-hybridized carbons (Fsp3) is 0.385. The fourth-order valence-corrected chi connectivity index (χ4v) is 5.03. The Morgan fingerprint density at radius 3 is 2.47 bits per heavy atom. The maximum absolute atomic E-state index is 12.3. The minimum atomic E-state index is -0.415. The van der Waals surface area contributed by atoms with Crippen molar-refractivity contribution in [3.8, 4) is 5.75 Å². The van der Waals surface area contributed by atoms with E-state index in [1.807, 2.05) is 18.2 Å². The van der Waals surface area contributed by atoms with Crippen LogP contribution in [0.2, 0.25) is 0 Å². The Labute approximate surface area is 204 Å². The molecule has 3 rings (SSSR count). The Hall–Kier alpha value is -3.26. The van der Waals surface area contributed by atoms with Crippen LogP contribution in [0.15, 0.2) is 54.7 Å². The molecule has 0 aliphatic heterocycles. The van der Waals surface area contributed by atoms with Gasteiger partial charge in [0.2, 0.25) is 0 Å². The van der Waals surface area contributed by atoms with E-state index in [2.05, 4.69) is 57.1 Å². The van der Waals surface area contributed by atoms with E-state index in [9.17, 15) is 14.9 Å². The van der Waals surface area contributed by atoms with Crippen molar-refractivity contribution < 1.29 is 14.5 Å². The highest BCUT2D eigenvalue weighted by Crippen LogP contribution is 2.36. The zero-order valence-electron chi connectivity index (χ0n) is 20.3. The standard InChI is InChI=1S/C26H31N3O4S/c1-25(2,3)17-26(4,5)19-9-11-21(12-10-19)33-16-23(30)28-24-27-15-22(34-24)14-18-7-6-8-20(13-18)29(31)32/h6-13,15H,14,16-17H2,1-5H3,(H,27,28,30). The highest BCUT2D eigenvalue weighted by atomic mass is 32.1. The normalized spacial score (nSPS) is 11.8. The lowest BCUT2D eigenvalue weighted by atomic mass is 9.72. The van der Waals surface area contributed by atoms with Gasteiger partial charge in [-0.2, -0.15) is 0 Å². The van der Waals surface area contributed by atoms with E-state index in [0.29, 0.717) is 17.3 Å². The van der Waals surface area contributed by atoms with E-state index in [1.54, 1.807) is 18.3 Å². The maximum Gasteiger partial charge on any atom is 0.269 e. The summed E-state index contributed by atoms with van der Waals surface area (Å²) in [5.74, 6) is 0.337. The summed E-state index contributed by atoms with van der Waals surface area (Å²) in [4.78, 5) is 28.0. The van der Waals surface area contributed by atoms with Crippen LogP contribution in [0.1, 0.15) is 57.0 Å². The smallest absolute Gasteiger partial charge is 0.269 e. The highest BCUT2D eigenvalue weighted by Gasteiger charge is 2.27. The largest absolute Gasteiger partial charge is 0.484 e. The first kappa shape index (κ1) is 25.4. The van der Waals surface area contributed by atoms with Gasteiger partial charge in [0, 0.05) is 29.6 Å². The molecule has 0 bridgehead atoms. The second-order valence-electron chi connectivity index (χ2n) is 10.2. The van der Waals surface area contributed by atoms with Crippen molar-refractivity contribution in [2.75, 3.05) is 11.9 Å². The highest BCUT2D eigenvalue weighted by molar-refractivity contribution is 7.15. The van der Waals surface area contributed by atoms with Gasteiger partial charge >= 0.3 is 0 Å². The van der Waals surface area contributed by atoms with Gasteiger partial charge in [-0.3, -0.25) is 20.2 Å². The van der Waals surface area contributed by atoms with Gasteiger partial charge in [-0.15, -0.1) is 11.3 Å². The van der Waals surface area contributed by atoms with Crippen molar-refractivity contribution in [3.05, 3.63) is 80.8 Å². The monoisotopic (exact) mass is 481 g/mol. The molecule has 1 heterocycles. The summed E-state index contributed by atoms with van der Waals surface area (Å²) in [6.45, 7) is 11.1. The lowest BCUT2D eigenvalue weighted by Gasteiger charge is -2.33. The Morgan fingerprint density at radius 2 is 1.82 bits per heavy atom. The minimum Gasteiger partial charge on any atom is -0.484 e. The summed E-state index contributed by atoms with van der Waals surface area (Å²) in [5.41, 5.74) is 2.37. The van der Waals surface area contributed by atoms with E-state index >= 15 is 0 Å². The Bertz CT molecular complexity index is 1150. The number of hydrogen-bond acceptors (Lipinski definition) is 6. The molecule has 0 unspecified atom stereocenters. The predicted octanol–water partition coefficient (Wildman–Crippen LogP) is 6.37. The number of rotatable bonds is 9. The Morgan fingerprint density at radius 1 is 1.12 bits per heavy atom. The van der Waals surface area contributed by atoms with Crippen LogP contribution >= 0.6 is 11.3 Å². The van der Waals surface area contributed by atoms with Crippen LogP contribution < -0.4 is 10.1 Å². The molecule has 7 nitrogen and oxygen atoms in total. The van der Waals surface area contributed by atoms with Gasteiger partial charge in [0.05, 0.1) is 4.92 Å². The summed E-state index contributed by atoms with van der Waals surface area (Å²) in [6.07, 6.45) is 3.22. The van der Waals surface area contributed by atoms with Crippen molar-refractivity contribution in [1.82, 2.24) is 4.98 Å². The number of nitrogens with zero attached hydrogens (tertiary/aromatic N) is 2. The summed E-state index contributed by atoms with van der Waals surface area (Å²) in [5, 5.41) is 14.2. The molecule has 0 fully saturated rings. The molecule has 0 radical (unpaired) electrons. The topological polar surface area (TPSA) is 94.4 Å². The van der Waals surface area contributed by atoms with E-state index in [0.717, 1.165) is 16.9 Å². The van der Waals surface area contributed by atoms with Crippen LogP contribution in [-0.4, -0.2) is 22.4 Å². The number of non-ortho nitro benzene ring substituents is 1. The SMILES string of the molecule is CC(C)(C)CC(C)(C)c1ccc(OCC(=O)Nc2ncc(Cc3cccc([N+](=O)[O-])c3)s2)cc1. The Kier molecular flexibility index (Phi) is 7.71. The molecule has 0 aliphatic rings. The van der Waals surface area contributed by atoms with Crippen molar-refractivity contribution >= 4 is 28.1 Å². The zero-order valence-corrected chi connectivity index (χ0v) is 21.1. The average molecular weight is 482 g/mol. The first-order valence-corrected chi connectivity index (χ1v) is 11.9. The number of nitro groups is 1. The third kappa shape index (κ3) is 7.38. The van der Waals surface area contributed by atoms with Gasteiger partial charge in [-0.05, 0) is 40.5 Å². The molecule has 2 aromatic carbocycles. The Balaban J connectivity index is 1.51. The molecule has 8 heteroatoms. The number of nitrogens with one attached hydrogen (secondary N) is 1. The predicted molar refractivity (Wildman–Crippen MR) is 136 cm³/mol. The number of nitro benzene ring substituents is 1. The number of aromatic nitrogens is 1. The van der Waals surface area contributed by atoms with E-state index < -0.39 is 4.92 Å². The molecular formula is C26H31N3O4S. The molecule has 180 valence electrons.